The third-order valence-corrected chi connectivity index (χ3v) is 2.77. The van der Waals surface area contributed by atoms with E-state index in [4.69, 9.17) is 11.5 Å². The number of carbonyl (C=O) groups excluding carboxylic acids is 1. The van der Waals surface area contributed by atoms with Crippen molar-refractivity contribution in [2.75, 3.05) is 5.73 Å². The molecule has 0 spiro atoms. The standard InChI is InChI=1S/C13H20N2O.CH4/c1-7(2)10-5-9(13(15)16)6-11(8(3)4)12(10)14;/h5-8H,14H2,1-4H3,(H2,15,16);1H4. The Bertz CT molecular complexity index is 380. The zero-order valence-corrected chi connectivity index (χ0v) is 10.4. The first-order chi connectivity index (χ1) is 7.34. The van der Waals surface area contributed by atoms with E-state index in [0.717, 1.165) is 16.8 Å². The molecule has 0 unspecified atom stereocenters. The third-order valence-electron chi connectivity index (χ3n) is 2.77. The summed E-state index contributed by atoms with van der Waals surface area (Å²) >= 11 is 0. The fraction of sp³-hybridized carbons (Fsp3) is 0.500. The van der Waals surface area contributed by atoms with Crippen molar-refractivity contribution in [2.45, 2.75) is 47.0 Å². The monoisotopic (exact) mass is 236 g/mol. The summed E-state index contributed by atoms with van der Waals surface area (Å²) in [6, 6.07) is 3.60. The van der Waals surface area contributed by atoms with E-state index < -0.39 is 5.91 Å². The van der Waals surface area contributed by atoms with Gasteiger partial charge in [-0.15, -0.1) is 0 Å². The maximum absolute atomic E-state index is 11.2. The van der Waals surface area contributed by atoms with Crippen LogP contribution in [0.25, 0.3) is 0 Å². The Kier molecular flexibility index (Phi) is 5.20. The molecule has 1 aromatic carbocycles. The number of rotatable bonds is 3. The van der Waals surface area contributed by atoms with E-state index in [0.29, 0.717) is 5.56 Å². The van der Waals surface area contributed by atoms with Crippen molar-refractivity contribution < 1.29 is 4.79 Å². The van der Waals surface area contributed by atoms with E-state index in [1.165, 1.54) is 0 Å². The van der Waals surface area contributed by atoms with Crippen molar-refractivity contribution >= 4 is 11.6 Å². The van der Waals surface area contributed by atoms with Crippen LogP contribution in [0.1, 0.15) is 68.4 Å². The first kappa shape index (κ1) is 15.5. The van der Waals surface area contributed by atoms with E-state index in [2.05, 4.69) is 27.7 Å². The number of carbonyl (C=O) groups is 1. The first-order valence-corrected chi connectivity index (χ1v) is 5.57. The Morgan fingerprint density at radius 2 is 1.41 bits per heavy atom. The van der Waals surface area contributed by atoms with Crippen molar-refractivity contribution in [3.63, 3.8) is 0 Å². The summed E-state index contributed by atoms with van der Waals surface area (Å²) in [5.41, 5.74) is 14.8. The van der Waals surface area contributed by atoms with E-state index in [-0.39, 0.29) is 19.3 Å². The van der Waals surface area contributed by atoms with Crippen LogP contribution in [-0.2, 0) is 0 Å². The minimum Gasteiger partial charge on any atom is -0.398 e. The second-order valence-electron chi connectivity index (χ2n) is 4.74. The molecule has 0 atom stereocenters. The largest absolute Gasteiger partial charge is 0.398 e. The average Bonchev–Trinajstić information content (AvgIpc) is 2.16. The molecule has 0 saturated carbocycles. The number of benzene rings is 1. The highest BCUT2D eigenvalue weighted by Gasteiger charge is 2.15. The summed E-state index contributed by atoms with van der Waals surface area (Å²) in [7, 11) is 0. The van der Waals surface area contributed by atoms with Gasteiger partial charge in [0, 0.05) is 11.3 Å². The molecule has 1 amide bonds. The molecule has 4 N–H and O–H groups in total. The molecule has 0 heterocycles. The molecule has 0 aliphatic rings. The number of hydrogen-bond acceptors (Lipinski definition) is 2. The van der Waals surface area contributed by atoms with Gasteiger partial charge in [-0.1, -0.05) is 35.1 Å². The molecule has 1 aromatic rings. The number of primary amides is 1. The van der Waals surface area contributed by atoms with Crippen molar-refractivity contribution in [3.05, 3.63) is 28.8 Å². The van der Waals surface area contributed by atoms with E-state index in [1.54, 1.807) is 12.1 Å². The average molecular weight is 236 g/mol. The lowest BCUT2D eigenvalue weighted by Gasteiger charge is -2.17. The summed E-state index contributed by atoms with van der Waals surface area (Å²) < 4.78 is 0. The summed E-state index contributed by atoms with van der Waals surface area (Å²) in [4.78, 5) is 11.2. The highest BCUT2D eigenvalue weighted by Crippen LogP contribution is 2.31. The zero-order chi connectivity index (χ0) is 12.5. The van der Waals surface area contributed by atoms with Gasteiger partial charge in [-0.2, -0.15) is 0 Å². The first-order valence-electron chi connectivity index (χ1n) is 5.57. The molecule has 0 radical (unpaired) electrons. The lowest BCUT2D eigenvalue weighted by molar-refractivity contribution is 0.1000. The van der Waals surface area contributed by atoms with Crippen LogP contribution in [0.4, 0.5) is 5.69 Å². The van der Waals surface area contributed by atoms with Gasteiger partial charge in [0.25, 0.3) is 0 Å². The fourth-order valence-corrected chi connectivity index (χ4v) is 1.80. The number of nitrogen functional groups attached to an aromatic ring is 1. The zero-order valence-electron chi connectivity index (χ0n) is 10.4. The van der Waals surface area contributed by atoms with Gasteiger partial charge >= 0.3 is 0 Å². The van der Waals surface area contributed by atoms with Crippen molar-refractivity contribution in [1.29, 1.82) is 0 Å². The molecule has 3 nitrogen and oxygen atoms in total. The lowest BCUT2D eigenvalue weighted by atomic mass is 9.90. The van der Waals surface area contributed by atoms with E-state index >= 15 is 0 Å². The highest BCUT2D eigenvalue weighted by molar-refractivity contribution is 5.94. The minimum absolute atomic E-state index is 0. The van der Waals surface area contributed by atoms with E-state index in [1.807, 2.05) is 0 Å². The topological polar surface area (TPSA) is 69.1 Å². The summed E-state index contributed by atoms with van der Waals surface area (Å²) in [6.07, 6.45) is 0. The molecule has 0 fully saturated rings. The summed E-state index contributed by atoms with van der Waals surface area (Å²) in [6.45, 7) is 8.22. The molecule has 96 valence electrons. The number of anilines is 1. The SMILES string of the molecule is C.CC(C)c1cc(C(N)=O)cc(C(C)C)c1N. The molecule has 0 saturated heterocycles. The molecule has 0 bridgehead atoms. The van der Waals surface area contributed by atoms with Gasteiger partial charge in [0.2, 0.25) is 5.91 Å². The van der Waals surface area contributed by atoms with Gasteiger partial charge in [0.05, 0.1) is 0 Å². The Labute approximate surface area is 104 Å². The molecule has 17 heavy (non-hydrogen) atoms. The molecular formula is C14H24N2O. The lowest BCUT2D eigenvalue weighted by Crippen LogP contribution is -2.14. The smallest absolute Gasteiger partial charge is 0.248 e. The van der Waals surface area contributed by atoms with Crippen molar-refractivity contribution in [2.24, 2.45) is 5.73 Å². The van der Waals surface area contributed by atoms with Gasteiger partial charge in [0.15, 0.2) is 0 Å². The number of hydrogen-bond donors (Lipinski definition) is 2. The molecule has 0 aromatic heterocycles. The van der Waals surface area contributed by atoms with Crippen LogP contribution in [0.15, 0.2) is 12.1 Å². The molecular weight excluding hydrogens is 212 g/mol. The fourth-order valence-electron chi connectivity index (χ4n) is 1.80. The summed E-state index contributed by atoms with van der Waals surface area (Å²) in [5.74, 6) is 0.178. The third kappa shape index (κ3) is 3.22. The number of nitrogens with two attached hydrogens (primary N) is 2. The Morgan fingerprint density at radius 3 is 1.65 bits per heavy atom. The molecule has 0 aliphatic heterocycles. The quantitative estimate of drug-likeness (QED) is 0.791. The Morgan fingerprint density at radius 1 is 1.06 bits per heavy atom. The van der Waals surface area contributed by atoms with Crippen LogP contribution >= 0.6 is 0 Å². The van der Waals surface area contributed by atoms with Crippen LogP contribution in [0.3, 0.4) is 0 Å². The molecule has 3 heteroatoms. The molecule has 0 aliphatic carbocycles. The summed E-state index contributed by atoms with van der Waals surface area (Å²) in [5, 5.41) is 0. The van der Waals surface area contributed by atoms with Crippen LogP contribution in [-0.4, -0.2) is 5.91 Å². The molecule has 1 rings (SSSR count). The highest BCUT2D eigenvalue weighted by atomic mass is 16.1. The van der Waals surface area contributed by atoms with Gasteiger partial charge in [-0.3, -0.25) is 4.79 Å². The minimum atomic E-state index is -0.399. The second kappa shape index (κ2) is 5.71. The van der Waals surface area contributed by atoms with Crippen molar-refractivity contribution in [1.82, 2.24) is 0 Å². The van der Waals surface area contributed by atoms with Gasteiger partial charge in [0.1, 0.15) is 0 Å². The van der Waals surface area contributed by atoms with Gasteiger partial charge in [-0.25, -0.2) is 0 Å². The maximum atomic E-state index is 11.2. The van der Waals surface area contributed by atoms with Gasteiger partial charge < -0.3 is 11.5 Å². The maximum Gasteiger partial charge on any atom is 0.248 e. The predicted molar refractivity (Wildman–Crippen MR) is 74.3 cm³/mol. The van der Waals surface area contributed by atoms with Crippen LogP contribution in [0, 0.1) is 0 Å². The van der Waals surface area contributed by atoms with Gasteiger partial charge in [-0.05, 0) is 35.1 Å². The Balaban J connectivity index is 0.00000256. The van der Waals surface area contributed by atoms with Crippen LogP contribution < -0.4 is 11.5 Å². The van der Waals surface area contributed by atoms with Crippen LogP contribution in [0.2, 0.25) is 0 Å². The number of amides is 1. The Hall–Kier alpha value is -1.51. The van der Waals surface area contributed by atoms with E-state index in [9.17, 15) is 4.79 Å². The normalized spacial score (nSPS) is 10.5. The van der Waals surface area contributed by atoms with Crippen LogP contribution in [0.5, 0.6) is 0 Å². The predicted octanol–water partition coefficient (Wildman–Crippen LogP) is 3.25. The second-order valence-corrected chi connectivity index (χ2v) is 4.74. The van der Waals surface area contributed by atoms with Crippen molar-refractivity contribution in [3.8, 4) is 0 Å².